The molecule has 3 nitrogen and oxygen atoms in total. The summed E-state index contributed by atoms with van der Waals surface area (Å²) in [5.74, 6) is -0.687. The minimum atomic E-state index is -0.687. The molecule has 2 N–H and O–H groups in total. The van der Waals surface area contributed by atoms with Crippen LogP contribution in [0.4, 0.5) is 0 Å². The van der Waals surface area contributed by atoms with Crippen molar-refractivity contribution < 1.29 is 9.90 Å². The molecule has 3 heteroatoms. The average molecular weight is 159 g/mol. The lowest BCUT2D eigenvalue weighted by Crippen LogP contribution is -2.13. The van der Waals surface area contributed by atoms with Crippen LogP contribution >= 0.6 is 0 Å². The Morgan fingerprint density at radius 2 is 2.09 bits per heavy atom. The van der Waals surface area contributed by atoms with Gasteiger partial charge in [-0.3, -0.25) is 4.79 Å². The van der Waals surface area contributed by atoms with Crippen molar-refractivity contribution in [3.8, 4) is 0 Å². The highest BCUT2D eigenvalue weighted by Gasteiger charge is 1.94. The first-order chi connectivity index (χ1) is 5.27. The van der Waals surface area contributed by atoms with Gasteiger partial charge in [0.05, 0.1) is 0 Å². The summed E-state index contributed by atoms with van der Waals surface area (Å²) < 4.78 is 0. The van der Waals surface area contributed by atoms with Gasteiger partial charge in [-0.1, -0.05) is 13.3 Å². The van der Waals surface area contributed by atoms with Gasteiger partial charge in [-0.05, 0) is 25.9 Å². The zero-order valence-corrected chi connectivity index (χ0v) is 7.10. The van der Waals surface area contributed by atoms with E-state index in [1.54, 1.807) is 0 Å². The Balaban J connectivity index is 2.85. The van der Waals surface area contributed by atoms with Crippen molar-refractivity contribution in [2.45, 2.75) is 32.6 Å². The molecule has 11 heavy (non-hydrogen) atoms. The van der Waals surface area contributed by atoms with E-state index in [2.05, 4.69) is 12.2 Å². The first-order valence-electron chi connectivity index (χ1n) is 4.20. The zero-order chi connectivity index (χ0) is 8.53. The van der Waals surface area contributed by atoms with Gasteiger partial charge in [0.1, 0.15) is 0 Å². The number of hydrogen-bond acceptors (Lipinski definition) is 2. The van der Waals surface area contributed by atoms with Crippen LogP contribution in [0.15, 0.2) is 0 Å². The topological polar surface area (TPSA) is 49.3 Å². The highest BCUT2D eigenvalue weighted by Crippen LogP contribution is 1.97. The third-order valence-electron chi connectivity index (χ3n) is 1.49. The molecule has 0 aliphatic heterocycles. The number of rotatable bonds is 7. The van der Waals surface area contributed by atoms with Gasteiger partial charge < -0.3 is 10.4 Å². The summed E-state index contributed by atoms with van der Waals surface area (Å²) in [6.45, 7) is 4.08. The van der Waals surface area contributed by atoms with Crippen molar-refractivity contribution in [1.82, 2.24) is 5.32 Å². The summed E-state index contributed by atoms with van der Waals surface area (Å²) in [5, 5.41) is 11.5. The van der Waals surface area contributed by atoms with Crippen molar-refractivity contribution in [3.63, 3.8) is 0 Å². The van der Waals surface area contributed by atoms with Crippen LogP contribution in [0.1, 0.15) is 32.6 Å². The normalized spacial score (nSPS) is 9.91. The fourth-order valence-corrected chi connectivity index (χ4v) is 0.880. The molecule has 0 saturated heterocycles. The summed E-state index contributed by atoms with van der Waals surface area (Å²) in [5.41, 5.74) is 0. The number of nitrogens with one attached hydrogen (secondary N) is 1. The van der Waals surface area contributed by atoms with Crippen LogP contribution in [0, 0.1) is 0 Å². The van der Waals surface area contributed by atoms with Gasteiger partial charge in [-0.15, -0.1) is 0 Å². The van der Waals surface area contributed by atoms with Crippen LogP contribution in [-0.2, 0) is 4.79 Å². The Morgan fingerprint density at radius 1 is 1.36 bits per heavy atom. The fourth-order valence-electron chi connectivity index (χ4n) is 0.880. The van der Waals surface area contributed by atoms with E-state index < -0.39 is 5.97 Å². The van der Waals surface area contributed by atoms with E-state index in [1.807, 2.05) is 0 Å². The summed E-state index contributed by atoms with van der Waals surface area (Å²) in [4.78, 5) is 10.1. The van der Waals surface area contributed by atoms with Gasteiger partial charge >= 0.3 is 5.97 Å². The second kappa shape index (κ2) is 7.54. The first kappa shape index (κ1) is 10.4. The molecule has 66 valence electrons. The summed E-state index contributed by atoms with van der Waals surface area (Å²) in [6.07, 6.45) is 3.22. The highest BCUT2D eigenvalue weighted by atomic mass is 16.4. The maximum absolute atomic E-state index is 10.1. The Kier molecular flexibility index (Phi) is 7.15. The zero-order valence-electron chi connectivity index (χ0n) is 7.10. The second-order valence-corrected chi connectivity index (χ2v) is 2.56. The van der Waals surface area contributed by atoms with Crippen LogP contribution in [0.25, 0.3) is 0 Å². The number of carbonyl (C=O) groups is 1. The number of hydrogen-bond donors (Lipinski definition) is 2. The van der Waals surface area contributed by atoms with E-state index in [9.17, 15) is 4.79 Å². The molecule has 0 aromatic carbocycles. The van der Waals surface area contributed by atoms with Crippen molar-refractivity contribution in [1.29, 1.82) is 0 Å². The van der Waals surface area contributed by atoms with Gasteiger partial charge in [0.2, 0.25) is 0 Å². The van der Waals surface area contributed by atoms with Crippen LogP contribution in [-0.4, -0.2) is 24.2 Å². The molecule has 0 aromatic heterocycles. The molecule has 0 aromatic rings. The summed E-state index contributed by atoms with van der Waals surface area (Å²) >= 11 is 0. The van der Waals surface area contributed by atoms with E-state index in [4.69, 9.17) is 5.11 Å². The quantitative estimate of drug-likeness (QED) is 0.549. The largest absolute Gasteiger partial charge is 0.481 e. The Labute approximate surface area is 67.8 Å². The highest BCUT2D eigenvalue weighted by molar-refractivity contribution is 5.66. The van der Waals surface area contributed by atoms with Gasteiger partial charge in [-0.25, -0.2) is 0 Å². The molecule has 0 aliphatic rings. The van der Waals surface area contributed by atoms with Crippen LogP contribution < -0.4 is 5.32 Å². The average Bonchev–Trinajstić information content (AvgIpc) is 1.96. The molecule has 0 radical (unpaired) electrons. The molecule has 0 amide bonds. The Morgan fingerprint density at radius 3 is 2.64 bits per heavy atom. The lowest BCUT2D eigenvalue weighted by Gasteiger charge is -1.99. The fraction of sp³-hybridized carbons (Fsp3) is 0.875. The Hall–Kier alpha value is -0.570. The summed E-state index contributed by atoms with van der Waals surface area (Å²) in [6, 6.07) is 0. The molecule has 0 bridgehead atoms. The van der Waals surface area contributed by atoms with Gasteiger partial charge in [0.25, 0.3) is 0 Å². The lowest BCUT2D eigenvalue weighted by molar-refractivity contribution is -0.137. The standard InChI is InChI=1S/C8H17NO2/c1-2-9-7-5-3-4-6-8(10)11/h9H,2-7H2,1H3,(H,10,11). The van der Waals surface area contributed by atoms with E-state index in [-0.39, 0.29) is 0 Å². The number of carboxylic acids is 1. The lowest BCUT2D eigenvalue weighted by atomic mass is 10.2. The first-order valence-corrected chi connectivity index (χ1v) is 4.20. The molecular weight excluding hydrogens is 142 g/mol. The molecule has 0 rings (SSSR count). The molecule has 0 saturated carbocycles. The van der Waals surface area contributed by atoms with E-state index in [0.717, 1.165) is 32.4 Å². The van der Waals surface area contributed by atoms with Crippen LogP contribution in [0.5, 0.6) is 0 Å². The van der Waals surface area contributed by atoms with Crippen LogP contribution in [0.3, 0.4) is 0 Å². The Bertz CT molecular complexity index is 104. The van der Waals surface area contributed by atoms with Crippen molar-refractivity contribution in [3.05, 3.63) is 0 Å². The molecule has 0 unspecified atom stereocenters. The monoisotopic (exact) mass is 159 g/mol. The SMILES string of the molecule is CCNCCCCCC(=O)O. The maximum atomic E-state index is 10.1. The number of aliphatic carboxylic acids is 1. The molecule has 0 atom stereocenters. The van der Waals surface area contributed by atoms with E-state index >= 15 is 0 Å². The molecule has 0 fully saturated rings. The maximum Gasteiger partial charge on any atom is 0.303 e. The van der Waals surface area contributed by atoms with E-state index in [0.29, 0.717) is 6.42 Å². The number of carboxylic acid groups (broad SMARTS) is 1. The third kappa shape index (κ3) is 9.43. The van der Waals surface area contributed by atoms with Gasteiger partial charge in [-0.2, -0.15) is 0 Å². The van der Waals surface area contributed by atoms with Crippen LogP contribution in [0.2, 0.25) is 0 Å². The predicted octanol–water partition coefficient (Wildman–Crippen LogP) is 1.24. The predicted molar refractivity (Wildman–Crippen MR) is 44.6 cm³/mol. The minimum Gasteiger partial charge on any atom is -0.481 e. The van der Waals surface area contributed by atoms with Gasteiger partial charge in [0, 0.05) is 6.42 Å². The second-order valence-electron chi connectivity index (χ2n) is 2.56. The third-order valence-corrected chi connectivity index (χ3v) is 1.49. The van der Waals surface area contributed by atoms with Crippen molar-refractivity contribution in [2.75, 3.05) is 13.1 Å². The molecule has 0 spiro atoms. The van der Waals surface area contributed by atoms with Crippen molar-refractivity contribution in [2.24, 2.45) is 0 Å². The van der Waals surface area contributed by atoms with E-state index in [1.165, 1.54) is 0 Å². The smallest absolute Gasteiger partial charge is 0.303 e. The number of unbranched alkanes of at least 4 members (excludes halogenated alkanes) is 2. The van der Waals surface area contributed by atoms with Gasteiger partial charge in [0.15, 0.2) is 0 Å². The minimum absolute atomic E-state index is 0.312. The summed E-state index contributed by atoms with van der Waals surface area (Å²) in [7, 11) is 0. The molecule has 0 heterocycles. The molecule has 0 aliphatic carbocycles. The molecular formula is C8H17NO2. The van der Waals surface area contributed by atoms with Crippen molar-refractivity contribution >= 4 is 5.97 Å².